The molecule has 1 aliphatic carbocycles. The van der Waals surface area contributed by atoms with Crippen LogP contribution >= 0.6 is 23.2 Å². The van der Waals surface area contributed by atoms with Gasteiger partial charge in [0.2, 0.25) is 0 Å². The summed E-state index contributed by atoms with van der Waals surface area (Å²) in [6.45, 7) is 0.586. The number of carbonyl (C=O) groups is 2. The summed E-state index contributed by atoms with van der Waals surface area (Å²) in [6.07, 6.45) is 0.214. The largest absolute Gasteiger partial charge is 0.481 e. The average molecular weight is 434 g/mol. The first-order chi connectivity index (χ1) is 13.9. The molecule has 152 valence electrons. The van der Waals surface area contributed by atoms with Crippen LogP contribution in [0.4, 0.5) is 0 Å². The summed E-state index contributed by atoms with van der Waals surface area (Å²) in [7, 11) is 0. The van der Waals surface area contributed by atoms with Crippen molar-refractivity contribution in [3.63, 3.8) is 0 Å². The van der Waals surface area contributed by atoms with Crippen LogP contribution in [0.3, 0.4) is 0 Å². The second-order valence-corrected chi connectivity index (χ2v) is 8.50. The zero-order valence-corrected chi connectivity index (χ0v) is 17.1. The summed E-state index contributed by atoms with van der Waals surface area (Å²) in [4.78, 5) is 26.4. The highest BCUT2D eigenvalue weighted by atomic mass is 35.5. The first-order valence-corrected chi connectivity index (χ1v) is 10.4. The third kappa shape index (κ3) is 4.58. The van der Waals surface area contributed by atoms with Crippen molar-refractivity contribution in [2.75, 3.05) is 6.54 Å². The number of carbonyl (C=O) groups excluding carboxylic acids is 1. The molecule has 2 aliphatic rings. The molecule has 0 aromatic heterocycles. The van der Waals surface area contributed by atoms with Gasteiger partial charge in [0.05, 0.1) is 12.5 Å². The van der Waals surface area contributed by atoms with Gasteiger partial charge in [-0.1, -0.05) is 47.5 Å². The van der Waals surface area contributed by atoms with Gasteiger partial charge in [0.1, 0.15) is 12.2 Å². The quantitative estimate of drug-likeness (QED) is 0.703. The van der Waals surface area contributed by atoms with Crippen LogP contribution < -0.4 is 0 Å². The standard InChI is InChI=1S/C22H21Cl2NO4/c23-16-8-6-14(7-9-16)20-21(15-2-1-3-17(24)10-15)29-18(11-19(26)27)22(28)25(20)12-13-4-5-13/h1-3,6-10,13,18,20-21H,4-5,11-12H2,(H,26,27)/t18-,20+,21+/m1/s1. The van der Waals surface area contributed by atoms with Crippen LogP contribution in [0.25, 0.3) is 0 Å². The highest BCUT2D eigenvalue weighted by Crippen LogP contribution is 2.45. The Morgan fingerprint density at radius 1 is 1.07 bits per heavy atom. The Hall–Kier alpha value is -2.08. The number of benzene rings is 2. The Kier molecular flexibility index (Phi) is 5.81. The molecule has 2 aromatic carbocycles. The van der Waals surface area contributed by atoms with Gasteiger partial charge in [-0.25, -0.2) is 0 Å². The molecule has 1 saturated carbocycles. The third-order valence-electron chi connectivity index (χ3n) is 5.39. The zero-order valence-electron chi connectivity index (χ0n) is 15.6. The normalized spacial score (nSPS) is 24.6. The van der Waals surface area contributed by atoms with E-state index in [9.17, 15) is 14.7 Å². The Morgan fingerprint density at radius 3 is 2.41 bits per heavy atom. The second-order valence-electron chi connectivity index (χ2n) is 7.63. The maximum absolute atomic E-state index is 13.2. The smallest absolute Gasteiger partial charge is 0.306 e. The van der Waals surface area contributed by atoms with Gasteiger partial charge in [0.15, 0.2) is 0 Å². The van der Waals surface area contributed by atoms with Crippen molar-refractivity contribution in [2.24, 2.45) is 5.92 Å². The molecule has 29 heavy (non-hydrogen) atoms. The van der Waals surface area contributed by atoms with Crippen LogP contribution in [0.5, 0.6) is 0 Å². The molecule has 2 aromatic rings. The molecule has 0 spiro atoms. The van der Waals surface area contributed by atoms with Crippen LogP contribution in [0.1, 0.15) is 42.5 Å². The van der Waals surface area contributed by atoms with Crippen molar-refractivity contribution >= 4 is 35.1 Å². The monoisotopic (exact) mass is 433 g/mol. The van der Waals surface area contributed by atoms with Crippen molar-refractivity contribution in [3.05, 3.63) is 69.7 Å². The zero-order chi connectivity index (χ0) is 20.5. The molecular weight excluding hydrogens is 413 g/mol. The first kappa shape index (κ1) is 20.2. The lowest BCUT2D eigenvalue weighted by Gasteiger charge is -2.45. The molecule has 1 N–H and O–H groups in total. The van der Waals surface area contributed by atoms with Crippen LogP contribution in [-0.4, -0.2) is 34.5 Å². The minimum absolute atomic E-state index is 0.280. The van der Waals surface area contributed by atoms with E-state index in [0.717, 1.165) is 24.0 Å². The lowest BCUT2D eigenvalue weighted by atomic mass is 9.91. The predicted molar refractivity (Wildman–Crippen MR) is 110 cm³/mol. The van der Waals surface area contributed by atoms with Gasteiger partial charge in [-0.2, -0.15) is 0 Å². The van der Waals surface area contributed by atoms with Crippen LogP contribution in [0.2, 0.25) is 10.0 Å². The molecule has 5 nitrogen and oxygen atoms in total. The summed E-state index contributed by atoms with van der Waals surface area (Å²) in [5.41, 5.74) is 1.70. The van der Waals surface area contributed by atoms with Crippen LogP contribution in [0, 0.1) is 5.92 Å². The molecule has 2 fully saturated rings. The number of amides is 1. The Balaban J connectivity index is 1.78. The van der Waals surface area contributed by atoms with Gasteiger partial charge in [-0.3, -0.25) is 9.59 Å². The molecule has 0 unspecified atom stereocenters. The third-order valence-corrected chi connectivity index (χ3v) is 5.88. The second kappa shape index (κ2) is 8.34. The summed E-state index contributed by atoms with van der Waals surface area (Å²) in [5, 5.41) is 10.5. The maximum atomic E-state index is 13.2. The van der Waals surface area contributed by atoms with E-state index >= 15 is 0 Å². The fraction of sp³-hybridized carbons (Fsp3) is 0.364. The minimum atomic E-state index is -1.07. The molecule has 7 heteroatoms. The predicted octanol–water partition coefficient (Wildman–Crippen LogP) is 4.89. The number of carboxylic acids is 1. The molecule has 1 aliphatic heterocycles. The average Bonchev–Trinajstić information content (AvgIpc) is 3.49. The van der Waals surface area contributed by atoms with Gasteiger partial charge in [0.25, 0.3) is 5.91 Å². The Labute approximate surface area is 179 Å². The lowest BCUT2D eigenvalue weighted by molar-refractivity contribution is -0.179. The molecule has 0 radical (unpaired) electrons. The molecule has 0 bridgehead atoms. The molecule has 1 amide bonds. The number of halogens is 2. The van der Waals surface area contributed by atoms with E-state index in [1.165, 1.54) is 0 Å². The fourth-order valence-corrected chi connectivity index (χ4v) is 4.16. The van der Waals surface area contributed by atoms with E-state index in [-0.39, 0.29) is 18.4 Å². The van der Waals surface area contributed by atoms with E-state index < -0.39 is 18.2 Å². The van der Waals surface area contributed by atoms with Crippen molar-refractivity contribution in [1.29, 1.82) is 0 Å². The van der Waals surface area contributed by atoms with E-state index in [2.05, 4.69) is 0 Å². The molecule has 1 heterocycles. The number of hydrogen-bond acceptors (Lipinski definition) is 3. The molecular formula is C22H21Cl2NO4. The van der Waals surface area contributed by atoms with Crippen LogP contribution in [0.15, 0.2) is 48.5 Å². The number of morpholine rings is 1. The van der Waals surface area contributed by atoms with Gasteiger partial charge in [0, 0.05) is 16.6 Å². The van der Waals surface area contributed by atoms with Crippen molar-refractivity contribution < 1.29 is 19.4 Å². The number of ether oxygens (including phenoxy) is 1. The minimum Gasteiger partial charge on any atom is -0.481 e. The van der Waals surface area contributed by atoms with Crippen molar-refractivity contribution in [2.45, 2.75) is 37.5 Å². The highest BCUT2D eigenvalue weighted by molar-refractivity contribution is 6.30. The molecule has 1 saturated heterocycles. The molecule has 3 atom stereocenters. The van der Waals surface area contributed by atoms with E-state index in [1.54, 1.807) is 29.2 Å². The van der Waals surface area contributed by atoms with Crippen molar-refractivity contribution in [1.82, 2.24) is 4.90 Å². The summed E-state index contributed by atoms with van der Waals surface area (Å²) in [5.74, 6) is -0.903. The summed E-state index contributed by atoms with van der Waals surface area (Å²) >= 11 is 12.3. The van der Waals surface area contributed by atoms with Gasteiger partial charge < -0.3 is 14.7 Å². The van der Waals surface area contributed by atoms with Gasteiger partial charge >= 0.3 is 5.97 Å². The number of nitrogens with zero attached hydrogens (tertiary/aromatic N) is 1. The Morgan fingerprint density at radius 2 is 1.79 bits per heavy atom. The van der Waals surface area contributed by atoms with E-state index in [4.69, 9.17) is 27.9 Å². The highest BCUT2D eigenvalue weighted by Gasteiger charge is 2.46. The van der Waals surface area contributed by atoms with Gasteiger partial charge in [-0.05, 0) is 54.2 Å². The van der Waals surface area contributed by atoms with E-state index in [1.807, 2.05) is 24.3 Å². The maximum Gasteiger partial charge on any atom is 0.306 e. The first-order valence-electron chi connectivity index (χ1n) is 9.61. The van der Waals surface area contributed by atoms with E-state index in [0.29, 0.717) is 22.5 Å². The molecule has 4 rings (SSSR count). The SMILES string of the molecule is O=C(O)C[C@H]1O[C@@H](c2cccc(Cl)c2)[C@H](c2ccc(Cl)cc2)N(CC2CC2)C1=O. The summed E-state index contributed by atoms with van der Waals surface area (Å²) in [6, 6.07) is 14.3. The lowest BCUT2D eigenvalue weighted by Crippen LogP contribution is -2.52. The Bertz CT molecular complexity index is 913. The van der Waals surface area contributed by atoms with Crippen LogP contribution in [-0.2, 0) is 14.3 Å². The number of carboxylic acid groups (broad SMARTS) is 1. The number of rotatable bonds is 6. The summed E-state index contributed by atoms with van der Waals surface area (Å²) < 4.78 is 6.12. The topological polar surface area (TPSA) is 66.8 Å². The van der Waals surface area contributed by atoms with Crippen molar-refractivity contribution in [3.8, 4) is 0 Å². The number of aliphatic carboxylic acids is 1. The fourth-order valence-electron chi connectivity index (χ4n) is 3.83. The number of hydrogen-bond donors (Lipinski definition) is 1. The van der Waals surface area contributed by atoms with Gasteiger partial charge in [-0.15, -0.1) is 0 Å².